The summed E-state index contributed by atoms with van der Waals surface area (Å²) in [6.45, 7) is -0.181. The molecule has 2 rings (SSSR count). The second kappa shape index (κ2) is 5.00. The number of hydrogen-bond acceptors (Lipinski definition) is 2. The summed E-state index contributed by atoms with van der Waals surface area (Å²) in [5.41, 5.74) is 5.69. The largest absolute Gasteiger partial charge is 0.487 e. The van der Waals surface area contributed by atoms with Gasteiger partial charge in [-0.25, -0.2) is 13.2 Å². The van der Waals surface area contributed by atoms with E-state index in [0.29, 0.717) is 0 Å². The molecule has 0 aliphatic heterocycles. The minimum Gasteiger partial charge on any atom is -0.487 e. The van der Waals surface area contributed by atoms with Crippen LogP contribution < -0.4 is 10.5 Å². The zero-order chi connectivity index (χ0) is 13.1. The Morgan fingerprint density at radius 2 is 1.83 bits per heavy atom. The molecular weight excluding hydrogens is 243 g/mol. The van der Waals surface area contributed by atoms with Crippen molar-refractivity contribution in [1.82, 2.24) is 0 Å². The van der Waals surface area contributed by atoms with Crippen LogP contribution >= 0.6 is 0 Å². The average Bonchev–Trinajstić information content (AvgIpc) is 2.33. The van der Waals surface area contributed by atoms with Crippen LogP contribution in [-0.4, -0.2) is 0 Å². The first kappa shape index (κ1) is 12.3. The summed E-state index contributed by atoms with van der Waals surface area (Å²) < 4.78 is 44.3. The Labute approximate surface area is 102 Å². The van der Waals surface area contributed by atoms with Gasteiger partial charge in [-0.2, -0.15) is 0 Å². The molecular formula is C13H10F3NO. The first-order chi connectivity index (χ1) is 8.58. The number of nitrogens with two attached hydrogens (primary N) is 1. The van der Waals surface area contributed by atoms with Crippen LogP contribution in [0.15, 0.2) is 36.4 Å². The minimum absolute atomic E-state index is 0.0683. The van der Waals surface area contributed by atoms with Crippen LogP contribution in [0.2, 0.25) is 0 Å². The molecule has 0 atom stereocenters. The predicted molar refractivity (Wildman–Crippen MR) is 61.5 cm³/mol. The number of benzene rings is 2. The fourth-order valence-electron chi connectivity index (χ4n) is 1.47. The average molecular weight is 253 g/mol. The van der Waals surface area contributed by atoms with Gasteiger partial charge in [-0.05, 0) is 18.2 Å². The number of nitrogen functional groups attached to an aromatic ring is 1. The molecule has 2 N–H and O–H groups in total. The summed E-state index contributed by atoms with van der Waals surface area (Å²) in [6.07, 6.45) is 0. The van der Waals surface area contributed by atoms with Crippen molar-refractivity contribution in [3.05, 3.63) is 59.4 Å². The highest BCUT2D eigenvalue weighted by Gasteiger charge is 2.09. The van der Waals surface area contributed by atoms with Gasteiger partial charge in [-0.3, -0.25) is 0 Å². The molecule has 0 unspecified atom stereocenters. The lowest BCUT2D eigenvalue weighted by Gasteiger charge is -2.09. The van der Waals surface area contributed by atoms with Crippen molar-refractivity contribution in [3.8, 4) is 5.75 Å². The highest BCUT2D eigenvalue weighted by Crippen LogP contribution is 2.23. The van der Waals surface area contributed by atoms with Crippen LogP contribution in [0.1, 0.15) is 5.56 Å². The van der Waals surface area contributed by atoms with E-state index in [9.17, 15) is 13.2 Å². The van der Waals surface area contributed by atoms with Crippen LogP contribution in [0.4, 0.5) is 18.9 Å². The number of ether oxygens (including phenoxy) is 1. The Morgan fingerprint density at radius 1 is 1.06 bits per heavy atom. The van der Waals surface area contributed by atoms with Gasteiger partial charge in [0.2, 0.25) is 0 Å². The van der Waals surface area contributed by atoms with E-state index >= 15 is 0 Å². The van der Waals surface area contributed by atoms with E-state index in [-0.39, 0.29) is 23.6 Å². The molecule has 0 radical (unpaired) electrons. The van der Waals surface area contributed by atoms with Crippen LogP contribution in [-0.2, 0) is 6.61 Å². The Kier molecular flexibility index (Phi) is 3.41. The summed E-state index contributed by atoms with van der Waals surface area (Å²) in [6, 6.07) is 7.40. The quantitative estimate of drug-likeness (QED) is 0.852. The smallest absolute Gasteiger partial charge is 0.165 e. The Balaban J connectivity index is 2.14. The first-order valence-electron chi connectivity index (χ1n) is 5.18. The summed E-state index contributed by atoms with van der Waals surface area (Å²) in [4.78, 5) is 0. The van der Waals surface area contributed by atoms with E-state index in [1.807, 2.05) is 0 Å². The lowest BCUT2D eigenvalue weighted by molar-refractivity contribution is 0.298. The molecule has 0 bridgehead atoms. The summed E-state index contributed by atoms with van der Waals surface area (Å²) >= 11 is 0. The highest BCUT2D eigenvalue weighted by atomic mass is 19.2. The lowest BCUT2D eigenvalue weighted by Crippen LogP contribution is -2.02. The van der Waals surface area contributed by atoms with E-state index in [2.05, 4.69) is 0 Å². The normalized spacial score (nSPS) is 10.4. The third-order valence-corrected chi connectivity index (χ3v) is 2.39. The molecule has 18 heavy (non-hydrogen) atoms. The molecule has 94 valence electrons. The lowest BCUT2D eigenvalue weighted by atomic mass is 10.2. The van der Waals surface area contributed by atoms with Gasteiger partial charge in [-0.15, -0.1) is 0 Å². The molecule has 0 fully saturated rings. The SMILES string of the molecule is Nc1cc(F)ccc1OCc1cccc(F)c1F. The highest BCUT2D eigenvalue weighted by molar-refractivity contribution is 5.52. The Hall–Kier alpha value is -2.17. The molecule has 0 amide bonds. The summed E-state index contributed by atoms with van der Waals surface area (Å²) in [5.74, 6) is -2.17. The third kappa shape index (κ3) is 2.56. The second-order valence-electron chi connectivity index (χ2n) is 3.68. The van der Waals surface area contributed by atoms with Gasteiger partial charge in [0, 0.05) is 11.6 Å². The number of halogens is 3. The van der Waals surface area contributed by atoms with Gasteiger partial charge >= 0.3 is 0 Å². The monoisotopic (exact) mass is 253 g/mol. The maximum atomic E-state index is 13.3. The zero-order valence-corrected chi connectivity index (χ0v) is 9.29. The van der Waals surface area contributed by atoms with Crippen molar-refractivity contribution in [2.75, 3.05) is 5.73 Å². The van der Waals surface area contributed by atoms with Crippen molar-refractivity contribution in [3.63, 3.8) is 0 Å². The molecule has 0 heterocycles. The first-order valence-corrected chi connectivity index (χ1v) is 5.18. The second-order valence-corrected chi connectivity index (χ2v) is 3.68. The molecule has 0 saturated heterocycles. The summed E-state index contributed by atoms with van der Waals surface area (Å²) in [7, 11) is 0. The van der Waals surface area contributed by atoms with Crippen molar-refractivity contribution in [2.24, 2.45) is 0 Å². The van der Waals surface area contributed by atoms with Gasteiger partial charge in [0.25, 0.3) is 0 Å². The van der Waals surface area contributed by atoms with E-state index in [1.165, 1.54) is 24.3 Å². The maximum Gasteiger partial charge on any atom is 0.165 e. The number of anilines is 1. The van der Waals surface area contributed by atoms with E-state index < -0.39 is 17.5 Å². The van der Waals surface area contributed by atoms with Gasteiger partial charge in [0.15, 0.2) is 11.6 Å². The standard InChI is InChI=1S/C13H10F3NO/c14-9-4-5-12(11(17)6-9)18-7-8-2-1-3-10(15)13(8)16/h1-6H,7,17H2. The fraction of sp³-hybridized carbons (Fsp3) is 0.0769. The maximum absolute atomic E-state index is 13.3. The van der Waals surface area contributed by atoms with E-state index in [0.717, 1.165) is 12.1 Å². The predicted octanol–water partition coefficient (Wildman–Crippen LogP) is 3.27. The number of rotatable bonds is 3. The van der Waals surface area contributed by atoms with Crippen LogP contribution in [0.3, 0.4) is 0 Å². The Bertz CT molecular complexity index is 572. The molecule has 0 aliphatic carbocycles. The van der Waals surface area contributed by atoms with Crippen molar-refractivity contribution < 1.29 is 17.9 Å². The molecule has 0 aromatic heterocycles. The molecule has 0 spiro atoms. The van der Waals surface area contributed by atoms with Crippen molar-refractivity contribution in [1.29, 1.82) is 0 Å². The molecule has 2 nitrogen and oxygen atoms in total. The fourth-order valence-corrected chi connectivity index (χ4v) is 1.47. The van der Waals surface area contributed by atoms with Crippen LogP contribution in [0.25, 0.3) is 0 Å². The van der Waals surface area contributed by atoms with E-state index in [1.54, 1.807) is 0 Å². The molecule has 0 aliphatic rings. The van der Waals surface area contributed by atoms with Gasteiger partial charge in [0.1, 0.15) is 18.2 Å². The molecule has 0 saturated carbocycles. The Morgan fingerprint density at radius 3 is 2.56 bits per heavy atom. The van der Waals surface area contributed by atoms with Crippen LogP contribution in [0.5, 0.6) is 5.75 Å². The summed E-state index contributed by atoms with van der Waals surface area (Å²) in [5, 5.41) is 0. The van der Waals surface area contributed by atoms with Crippen LogP contribution in [0, 0.1) is 17.5 Å². The van der Waals surface area contributed by atoms with Gasteiger partial charge < -0.3 is 10.5 Å². The van der Waals surface area contributed by atoms with Crippen molar-refractivity contribution in [2.45, 2.75) is 6.61 Å². The minimum atomic E-state index is -0.960. The zero-order valence-electron chi connectivity index (χ0n) is 9.29. The van der Waals surface area contributed by atoms with Gasteiger partial charge in [-0.1, -0.05) is 12.1 Å². The molecule has 2 aromatic rings. The third-order valence-electron chi connectivity index (χ3n) is 2.39. The molecule has 5 heteroatoms. The topological polar surface area (TPSA) is 35.2 Å². The molecule has 2 aromatic carbocycles. The van der Waals surface area contributed by atoms with E-state index in [4.69, 9.17) is 10.5 Å². The van der Waals surface area contributed by atoms with Gasteiger partial charge in [0.05, 0.1) is 5.69 Å². The van der Waals surface area contributed by atoms with Crippen molar-refractivity contribution >= 4 is 5.69 Å². The number of hydrogen-bond donors (Lipinski definition) is 1.